The van der Waals surface area contributed by atoms with Gasteiger partial charge in [-0.2, -0.15) is 0 Å². The zero-order chi connectivity index (χ0) is 18.2. The first-order valence-corrected chi connectivity index (χ1v) is 8.51. The van der Waals surface area contributed by atoms with Crippen molar-refractivity contribution in [1.29, 1.82) is 0 Å². The Morgan fingerprint density at radius 2 is 2.00 bits per heavy atom. The fourth-order valence-electron chi connectivity index (χ4n) is 2.51. The van der Waals surface area contributed by atoms with Gasteiger partial charge in [0.25, 0.3) is 0 Å². The van der Waals surface area contributed by atoms with Crippen LogP contribution in [0.3, 0.4) is 0 Å². The second kappa shape index (κ2) is 9.39. The second-order valence-electron chi connectivity index (χ2n) is 6.01. The Hall–Kier alpha value is -2.12. The van der Waals surface area contributed by atoms with Crippen LogP contribution in [0.4, 0.5) is 5.69 Å². The van der Waals surface area contributed by atoms with Gasteiger partial charge in [-0.15, -0.1) is 0 Å². The first-order chi connectivity index (χ1) is 12.0. The maximum atomic E-state index is 11.5. The number of aliphatic hydroxyl groups excluding tert-OH is 1. The van der Waals surface area contributed by atoms with Crippen molar-refractivity contribution in [2.45, 2.75) is 58.0 Å². The SMILES string of the molecule is CCCC(=O)OC[C@H]1O[C@H](Oc2ccc(NC(C)=O)cc2)CC[C@@H]1O. The van der Waals surface area contributed by atoms with E-state index >= 15 is 0 Å². The second-order valence-corrected chi connectivity index (χ2v) is 6.01. The van der Waals surface area contributed by atoms with Crippen molar-refractivity contribution in [3.63, 3.8) is 0 Å². The van der Waals surface area contributed by atoms with Crippen LogP contribution in [0.5, 0.6) is 5.75 Å². The molecule has 1 aromatic rings. The molecule has 0 radical (unpaired) electrons. The number of nitrogens with one attached hydrogen (secondary N) is 1. The molecule has 3 atom stereocenters. The molecule has 0 bridgehead atoms. The fourth-order valence-corrected chi connectivity index (χ4v) is 2.51. The Kier molecular flexibility index (Phi) is 7.21. The van der Waals surface area contributed by atoms with Crippen molar-refractivity contribution < 1.29 is 28.9 Å². The van der Waals surface area contributed by atoms with Gasteiger partial charge in [-0.05, 0) is 37.1 Å². The number of aliphatic hydroxyl groups is 1. The third-order valence-electron chi connectivity index (χ3n) is 3.76. The number of carbonyl (C=O) groups is 2. The minimum absolute atomic E-state index is 0.0152. The predicted molar refractivity (Wildman–Crippen MR) is 91.1 cm³/mol. The van der Waals surface area contributed by atoms with E-state index in [9.17, 15) is 14.7 Å². The molecule has 1 aromatic carbocycles. The molecule has 2 N–H and O–H groups in total. The van der Waals surface area contributed by atoms with E-state index in [-0.39, 0.29) is 18.5 Å². The summed E-state index contributed by atoms with van der Waals surface area (Å²) >= 11 is 0. The Morgan fingerprint density at radius 3 is 2.64 bits per heavy atom. The summed E-state index contributed by atoms with van der Waals surface area (Å²) in [4.78, 5) is 22.5. The smallest absolute Gasteiger partial charge is 0.305 e. The molecular formula is C18H25NO6. The summed E-state index contributed by atoms with van der Waals surface area (Å²) in [7, 11) is 0. The number of benzene rings is 1. The Morgan fingerprint density at radius 1 is 1.28 bits per heavy atom. The zero-order valence-corrected chi connectivity index (χ0v) is 14.6. The highest BCUT2D eigenvalue weighted by Crippen LogP contribution is 2.24. The molecule has 1 aliphatic heterocycles. The average molecular weight is 351 g/mol. The van der Waals surface area contributed by atoms with E-state index in [2.05, 4.69) is 5.32 Å². The van der Waals surface area contributed by atoms with Crippen LogP contribution in [0.2, 0.25) is 0 Å². The number of hydrogen-bond donors (Lipinski definition) is 2. The Labute approximate surface area is 147 Å². The number of anilines is 1. The summed E-state index contributed by atoms with van der Waals surface area (Å²) in [6.45, 7) is 3.36. The molecule has 138 valence electrons. The van der Waals surface area contributed by atoms with Gasteiger partial charge in [0.15, 0.2) is 6.29 Å². The minimum Gasteiger partial charge on any atom is -0.465 e. The molecule has 1 aliphatic rings. The molecule has 0 aromatic heterocycles. The van der Waals surface area contributed by atoms with E-state index in [4.69, 9.17) is 14.2 Å². The topological polar surface area (TPSA) is 94.1 Å². The van der Waals surface area contributed by atoms with Crippen LogP contribution < -0.4 is 10.1 Å². The highest BCUT2D eigenvalue weighted by atomic mass is 16.7. The highest BCUT2D eigenvalue weighted by molar-refractivity contribution is 5.88. The molecule has 1 heterocycles. The van der Waals surface area contributed by atoms with Crippen molar-refractivity contribution in [2.24, 2.45) is 0 Å². The number of ether oxygens (including phenoxy) is 3. The van der Waals surface area contributed by atoms with E-state index in [0.29, 0.717) is 37.1 Å². The van der Waals surface area contributed by atoms with Crippen molar-refractivity contribution in [3.05, 3.63) is 24.3 Å². The highest BCUT2D eigenvalue weighted by Gasteiger charge is 2.32. The Balaban J connectivity index is 1.85. The molecule has 2 rings (SSSR count). The van der Waals surface area contributed by atoms with Crippen LogP contribution in [0.1, 0.15) is 39.5 Å². The number of amides is 1. The van der Waals surface area contributed by atoms with Crippen LogP contribution in [0, 0.1) is 0 Å². The van der Waals surface area contributed by atoms with Gasteiger partial charge in [-0.1, -0.05) is 6.92 Å². The van der Waals surface area contributed by atoms with E-state index in [1.165, 1.54) is 6.92 Å². The molecule has 1 saturated heterocycles. The lowest BCUT2D eigenvalue weighted by Crippen LogP contribution is -2.44. The van der Waals surface area contributed by atoms with Gasteiger partial charge >= 0.3 is 5.97 Å². The summed E-state index contributed by atoms with van der Waals surface area (Å²) in [5, 5.41) is 12.7. The van der Waals surface area contributed by atoms with Crippen LogP contribution in [-0.2, 0) is 19.1 Å². The number of carbonyl (C=O) groups excluding carboxylic acids is 2. The van der Waals surface area contributed by atoms with E-state index in [1.54, 1.807) is 24.3 Å². The van der Waals surface area contributed by atoms with Crippen molar-refractivity contribution in [2.75, 3.05) is 11.9 Å². The minimum atomic E-state index is -0.684. The van der Waals surface area contributed by atoms with Gasteiger partial charge in [0.05, 0.1) is 6.10 Å². The van der Waals surface area contributed by atoms with Gasteiger partial charge in [0.1, 0.15) is 18.5 Å². The normalized spacial score (nSPS) is 22.9. The molecule has 1 fully saturated rings. The van der Waals surface area contributed by atoms with E-state index in [0.717, 1.165) is 0 Å². The van der Waals surface area contributed by atoms with E-state index < -0.39 is 18.5 Å². The molecule has 25 heavy (non-hydrogen) atoms. The average Bonchev–Trinajstić information content (AvgIpc) is 2.57. The van der Waals surface area contributed by atoms with Gasteiger partial charge in [0, 0.05) is 25.5 Å². The van der Waals surface area contributed by atoms with Gasteiger partial charge in [-0.25, -0.2) is 0 Å². The van der Waals surface area contributed by atoms with Gasteiger partial charge < -0.3 is 24.6 Å². The lowest BCUT2D eigenvalue weighted by Gasteiger charge is -2.33. The third-order valence-corrected chi connectivity index (χ3v) is 3.76. The van der Waals surface area contributed by atoms with Crippen molar-refractivity contribution in [3.8, 4) is 5.75 Å². The van der Waals surface area contributed by atoms with Crippen LogP contribution in [-0.4, -0.2) is 42.1 Å². The molecule has 1 amide bonds. The van der Waals surface area contributed by atoms with Gasteiger partial charge in [-0.3, -0.25) is 9.59 Å². The van der Waals surface area contributed by atoms with Crippen LogP contribution >= 0.6 is 0 Å². The van der Waals surface area contributed by atoms with Crippen LogP contribution in [0.15, 0.2) is 24.3 Å². The quantitative estimate of drug-likeness (QED) is 0.732. The standard InChI is InChI=1S/C18H25NO6/c1-3-4-17(22)23-11-16-15(21)9-10-18(25-16)24-14-7-5-13(6-8-14)19-12(2)20/h5-8,15-16,18,21H,3-4,9-11H2,1-2H3,(H,19,20)/t15-,16+,18-/m0/s1. The van der Waals surface area contributed by atoms with E-state index in [1.807, 2.05) is 6.92 Å². The molecule has 7 nitrogen and oxygen atoms in total. The number of hydrogen-bond acceptors (Lipinski definition) is 6. The molecule has 0 saturated carbocycles. The number of esters is 1. The summed E-state index contributed by atoms with van der Waals surface area (Å²) < 4.78 is 16.6. The predicted octanol–water partition coefficient (Wildman–Crippen LogP) is 2.23. The fraction of sp³-hybridized carbons (Fsp3) is 0.556. The Bertz CT molecular complexity index is 573. The molecular weight excluding hydrogens is 326 g/mol. The van der Waals surface area contributed by atoms with Gasteiger partial charge in [0.2, 0.25) is 5.91 Å². The third kappa shape index (κ3) is 6.36. The summed E-state index contributed by atoms with van der Waals surface area (Å²) in [5.41, 5.74) is 0.681. The maximum Gasteiger partial charge on any atom is 0.305 e. The number of rotatable bonds is 7. The zero-order valence-electron chi connectivity index (χ0n) is 14.6. The van der Waals surface area contributed by atoms with Crippen molar-refractivity contribution in [1.82, 2.24) is 0 Å². The maximum absolute atomic E-state index is 11.5. The molecule has 0 spiro atoms. The monoisotopic (exact) mass is 351 g/mol. The molecule has 0 unspecified atom stereocenters. The van der Waals surface area contributed by atoms with Crippen LogP contribution in [0.25, 0.3) is 0 Å². The van der Waals surface area contributed by atoms with Crippen molar-refractivity contribution >= 4 is 17.6 Å². The first kappa shape index (κ1) is 19.2. The molecule has 7 heteroatoms. The first-order valence-electron chi connectivity index (χ1n) is 8.51. The largest absolute Gasteiger partial charge is 0.465 e. The lowest BCUT2D eigenvalue weighted by atomic mass is 10.1. The lowest BCUT2D eigenvalue weighted by molar-refractivity contribution is -0.203. The summed E-state index contributed by atoms with van der Waals surface area (Å²) in [6, 6.07) is 6.93. The molecule has 0 aliphatic carbocycles. The summed E-state index contributed by atoms with van der Waals surface area (Å²) in [6.07, 6.45) is 0.300. The summed E-state index contributed by atoms with van der Waals surface area (Å²) in [5.74, 6) is 0.158.